The van der Waals surface area contributed by atoms with Crippen LogP contribution in [0.1, 0.15) is 13.8 Å². The highest BCUT2D eigenvalue weighted by Crippen LogP contribution is 2.15. The largest absolute Gasteiger partial charge is 0.262 e. The average Bonchev–Trinajstić information content (AvgIpc) is 1.94. The van der Waals surface area contributed by atoms with Crippen LogP contribution in [0.3, 0.4) is 0 Å². The quantitative estimate of drug-likeness (QED) is 0.488. The zero-order chi connectivity index (χ0) is 7.61. The Labute approximate surface area is 60.0 Å². The van der Waals surface area contributed by atoms with E-state index in [2.05, 4.69) is 4.99 Å². The SMILES string of the molecule is CC1=NC=CC(C)(F)C=C1. The van der Waals surface area contributed by atoms with Gasteiger partial charge in [-0.25, -0.2) is 4.39 Å². The molecule has 0 N–H and O–H groups in total. The minimum absolute atomic E-state index is 0.831. The molecule has 0 fully saturated rings. The van der Waals surface area contributed by atoms with Gasteiger partial charge in [-0.05, 0) is 32.1 Å². The first-order valence-electron chi connectivity index (χ1n) is 3.20. The Morgan fingerprint density at radius 3 is 2.90 bits per heavy atom. The number of alkyl halides is 1. The summed E-state index contributed by atoms with van der Waals surface area (Å²) in [6, 6.07) is 0. The number of allylic oxidation sites excluding steroid dienone is 3. The van der Waals surface area contributed by atoms with Crippen molar-refractivity contribution < 1.29 is 4.39 Å². The van der Waals surface area contributed by atoms with Crippen LogP contribution in [-0.4, -0.2) is 11.4 Å². The molecule has 1 aliphatic heterocycles. The third-order valence-corrected chi connectivity index (χ3v) is 1.33. The Bertz CT molecular complexity index is 211. The topological polar surface area (TPSA) is 12.4 Å². The van der Waals surface area contributed by atoms with Crippen molar-refractivity contribution in [2.24, 2.45) is 4.99 Å². The average molecular weight is 139 g/mol. The molecule has 1 nitrogen and oxygen atoms in total. The first-order chi connectivity index (χ1) is 4.60. The molecular weight excluding hydrogens is 129 g/mol. The lowest BCUT2D eigenvalue weighted by Gasteiger charge is -2.06. The maximum Gasteiger partial charge on any atom is 0.146 e. The molecule has 0 aromatic heterocycles. The fourth-order valence-electron chi connectivity index (χ4n) is 0.683. The summed E-state index contributed by atoms with van der Waals surface area (Å²) in [5, 5.41) is 0. The van der Waals surface area contributed by atoms with Crippen LogP contribution in [0, 0.1) is 0 Å². The van der Waals surface area contributed by atoms with Gasteiger partial charge >= 0.3 is 0 Å². The van der Waals surface area contributed by atoms with E-state index in [-0.39, 0.29) is 0 Å². The van der Waals surface area contributed by atoms with Crippen LogP contribution in [0.2, 0.25) is 0 Å². The Balaban J connectivity index is 2.88. The number of hydrogen-bond acceptors (Lipinski definition) is 1. The third-order valence-electron chi connectivity index (χ3n) is 1.33. The molecule has 54 valence electrons. The molecule has 0 aromatic carbocycles. The van der Waals surface area contributed by atoms with E-state index in [1.54, 1.807) is 6.08 Å². The van der Waals surface area contributed by atoms with Gasteiger partial charge in [-0.3, -0.25) is 4.99 Å². The number of hydrogen-bond donors (Lipinski definition) is 0. The maximum atomic E-state index is 13.1. The van der Waals surface area contributed by atoms with Gasteiger partial charge < -0.3 is 0 Å². The zero-order valence-corrected chi connectivity index (χ0v) is 6.13. The zero-order valence-electron chi connectivity index (χ0n) is 6.13. The van der Waals surface area contributed by atoms with Gasteiger partial charge in [0.1, 0.15) is 5.67 Å². The minimum Gasteiger partial charge on any atom is -0.262 e. The lowest BCUT2D eigenvalue weighted by atomic mass is 10.1. The molecule has 1 unspecified atom stereocenters. The second-order valence-corrected chi connectivity index (χ2v) is 2.57. The summed E-state index contributed by atoms with van der Waals surface area (Å²) in [6.45, 7) is 3.33. The molecule has 0 aromatic rings. The van der Waals surface area contributed by atoms with Gasteiger partial charge in [-0.15, -0.1) is 0 Å². The molecule has 1 aliphatic rings. The fourth-order valence-corrected chi connectivity index (χ4v) is 0.683. The summed E-state index contributed by atoms with van der Waals surface area (Å²) < 4.78 is 13.1. The summed E-state index contributed by atoms with van der Waals surface area (Å²) in [4.78, 5) is 3.93. The molecular formula is C8H10FN. The summed E-state index contributed by atoms with van der Waals surface area (Å²) in [5.74, 6) is 0. The molecule has 0 bridgehead atoms. The van der Waals surface area contributed by atoms with E-state index in [4.69, 9.17) is 0 Å². The highest BCUT2D eigenvalue weighted by molar-refractivity contribution is 5.93. The second-order valence-electron chi connectivity index (χ2n) is 2.57. The minimum atomic E-state index is -1.33. The molecule has 0 radical (unpaired) electrons. The van der Waals surface area contributed by atoms with E-state index >= 15 is 0 Å². The van der Waals surface area contributed by atoms with Gasteiger partial charge in [-0.2, -0.15) is 0 Å². The molecule has 1 atom stereocenters. The van der Waals surface area contributed by atoms with Crippen LogP contribution < -0.4 is 0 Å². The molecule has 1 heterocycles. The van der Waals surface area contributed by atoms with Crippen LogP contribution in [-0.2, 0) is 0 Å². The van der Waals surface area contributed by atoms with Gasteiger partial charge in [0, 0.05) is 11.9 Å². The highest BCUT2D eigenvalue weighted by atomic mass is 19.1. The summed E-state index contributed by atoms with van der Waals surface area (Å²) in [7, 11) is 0. The van der Waals surface area contributed by atoms with E-state index in [0.717, 1.165) is 5.71 Å². The first-order valence-corrected chi connectivity index (χ1v) is 3.20. The predicted molar refractivity (Wildman–Crippen MR) is 40.9 cm³/mol. The maximum absolute atomic E-state index is 13.1. The second kappa shape index (κ2) is 2.37. The van der Waals surface area contributed by atoms with E-state index < -0.39 is 5.67 Å². The summed E-state index contributed by atoms with van der Waals surface area (Å²) >= 11 is 0. The molecule has 0 spiro atoms. The first kappa shape index (κ1) is 7.19. The molecule has 0 saturated carbocycles. The predicted octanol–water partition coefficient (Wildman–Crippen LogP) is 2.26. The van der Waals surface area contributed by atoms with E-state index in [1.165, 1.54) is 25.3 Å². The van der Waals surface area contributed by atoms with Gasteiger partial charge in [0.15, 0.2) is 0 Å². The van der Waals surface area contributed by atoms with Crippen molar-refractivity contribution in [1.82, 2.24) is 0 Å². The van der Waals surface area contributed by atoms with Crippen molar-refractivity contribution in [1.29, 1.82) is 0 Å². The molecule has 0 saturated heterocycles. The van der Waals surface area contributed by atoms with Gasteiger partial charge in [0.2, 0.25) is 0 Å². The molecule has 0 aliphatic carbocycles. The highest BCUT2D eigenvalue weighted by Gasteiger charge is 2.14. The van der Waals surface area contributed by atoms with Crippen molar-refractivity contribution in [3.05, 3.63) is 24.4 Å². The van der Waals surface area contributed by atoms with Gasteiger partial charge in [0.05, 0.1) is 0 Å². The molecule has 1 rings (SSSR count). The van der Waals surface area contributed by atoms with Crippen molar-refractivity contribution in [3.8, 4) is 0 Å². The number of halogens is 1. The van der Waals surface area contributed by atoms with Crippen molar-refractivity contribution in [2.45, 2.75) is 19.5 Å². The van der Waals surface area contributed by atoms with Gasteiger partial charge in [0.25, 0.3) is 0 Å². The molecule has 0 amide bonds. The Hall–Kier alpha value is -0.920. The fraction of sp³-hybridized carbons (Fsp3) is 0.375. The van der Waals surface area contributed by atoms with Crippen LogP contribution in [0.4, 0.5) is 4.39 Å². The van der Waals surface area contributed by atoms with Crippen LogP contribution in [0.5, 0.6) is 0 Å². The van der Waals surface area contributed by atoms with E-state index in [0.29, 0.717) is 0 Å². The third kappa shape index (κ3) is 1.79. The van der Waals surface area contributed by atoms with Crippen LogP contribution in [0.15, 0.2) is 29.4 Å². The summed E-state index contributed by atoms with van der Waals surface area (Å²) in [6.07, 6.45) is 6.10. The lowest BCUT2D eigenvalue weighted by molar-refractivity contribution is 0.328. The number of aliphatic imine (C=N–C) groups is 1. The summed E-state index contributed by atoms with van der Waals surface area (Å²) in [5.41, 5.74) is -0.501. The standard InChI is InChI=1S/C8H10FN/c1-7-3-4-8(2,9)5-6-10-7/h3-6H,1-2H3. The van der Waals surface area contributed by atoms with Crippen LogP contribution in [0.25, 0.3) is 0 Å². The molecule has 10 heavy (non-hydrogen) atoms. The normalized spacial score (nSPS) is 31.7. The Morgan fingerprint density at radius 1 is 1.50 bits per heavy atom. The van der Waals surface area contributed by atoms with Crippen LogP contribution >= 0.6 is 0 Å². The smallest absolute Gasteiger partial charge is 0.146 e. The number of nitrogens with zero attached hydrogens (tertiary/aromatic N) is 1. The monoisotopic (exact) mass is 139 g/mol. The Kier molecular flexibility index (Phi) is 1.70. The Morgan fingerprint density at radius 2 is 2.20 bits per heavy atom. The van der Waals surface area contributed by atoms with Crippen molar-refractivity contribution >= 4 is 5.71 Å². The lowest BCUT2D eigenvalue weighted by Crippen LogP contribution is -2.08. The molecule has 2 heteroatoms. The number of rotatable bonds is 0. The van der Waals surface area contributed by atoms with Gasteiger partial charge in [-0.1, -0.05) is 0 Å². The van der Waals surface area contributed by atoms with Crippen molar-refractivity contribution in [3.63, 3.8) is 0 Å². The van der Waals surface area contributed by atoms with E-state index in [9.17, 15) is 4.39 Å². The van der Waals surface area contributed by atoms with Crippen molar-refractivity contribution in [2.75, 3.05) is 0 Å². The van der Waals surface area contributed by atoms with E-state index in [1.807, 2.05) is 6.92 Å².